The number of halogens is 1. The van der Waals surface area contributed by atoms with Gasteiger partial charge in [0.05, 0.1) is 0 Å². The SMILES string of the molecule is CC(C)(C)c1ccc(Oc2nc3ccccn3c(=O)c2/C=C(\C#N)C(=O)Nc2ccc(Cl)cc2)cc1. The maximum atomic E-state index is 13.3. The maximum Gasteiger partial charge on any atom is 0.269 e. The number of aromatic nitrogens is 2. The fourth-order valence-corrected chi connectivity index (χ4v) is 3.57. The van der Waals surface area contributed by atoms with Crippen molar-refractivity contribution in [3.05, 3.63) is 105 Å². The number of anilines is 1. The van der Waals surface area contributed by atoms with Crippen LogP contribution < -0.4 is 15.6 Å². The Labute approximate surface area is 213 Å². The van der Waals surface area contributed by atoms with Gasteiger partial charge in [-0.05, 0) is 65.6 Å². The van der Waals surface area contributed by atoms with Gasteiger partial charge in [0.2, 0.25) is 5.88 Å². The second kappa shape index (κ2) is 10.1. The Balaban J connectivity index is 1.76. The zero-order valence-electron chi connectivity index (χ0n) is 19.9. The van der Waals surface area contributed by atoms with Crippen molar-refractivity contribution >= 4 is 34.9 Å². The van der Waals surface area contributed by atoms with Gasteiger partial charge in [-0.25, -0.2) is 0 Å². The van der Waals surface area contributed by atoms with Crippen molar-refractivity contribution in [2.45, 2.75) is 26.2 Å². The average molecular weight is 499 g/mol. The van der Waals surface area contributed by atoms with Gasteiger partial charge in [-0.1, -0.05) is 50.6 Å². The first kappa shape index (κ1) is 24.7. The topological polar surface area (TPSA) is 96.5 Å². The second-order valence-electron chi connectivity index (χ2n) is 9.07. The van der Waals surface area contributed by atoms with E-state index in [1.54, 1.807) is 60.8 Å². The lowest BCUT2D eigenvalue weighted by Gasteiger charge is -2.19. The van der Waals surface area contributed by atoms with E-state index in [0.717, 1.165) is 5.56 Å². The Morgan fingerprint density at radius 1 is 1.08 bits per heavy atom. The molecule has 2 aromatic carbocycles. The summed E-state index contributed by atoms with van der Waals surface area (Å²) < 4.78 is 7.32. The van der Waals surface area contributed by atoms with Gasteiger partial charge in [0, 0.05) is 16.9 Å². The molecule has 0 fully saturated rings. The highest BCUT2D eigenvalue weighted by Gasteiger charge is 2.18. The number of pyridine rings is 1. The van der Waals surface area contributed by atoms with E-state index in [9.17, 15) is 14.9 Å². The van der Waals surface area contributed by atoms with Crippen LogP contribution in [-0.2, 0) is 10.2 Å². The van der Waals surface area contributed by atoms with Gasteiger partial charge < -0.3 is 10.1 Å². The van der Waals surface area contributed by atoms with Crippen LogP contribution in [0.15, 0.2) is 83.3 Å². The van der Waals surface area contributed by atoms with E-state index in [2.05, 4.69) is 31.1 Å². The van der Waals surface area contributed by atoms with Crippen molar-refractivity contribution in [2.24, 2.45) is 0 Å². The number of fused-ring (bicyclic) bond motifs is 1. The maximum absolute atomic E-state index is 13.3. The molecular formula is C28H23ClN4O3. The van der Waals surface area contributed by atoms with Gasteiger partial charge >= 0.3 is 0 Å². The third kappa shape index (κ3) is 5.45. The summed E-state index contributed by atoms with van der Waals surface area (Å²) in [5, 5.41) is 12.8. The molecule has 0 bridgehead atoms. The summed E-state index contributed by atoms with van der Waals surface area (Å²) in [4.78, 5) is 30.6. The molecule has 180 valence electrons. The molecule has 0 radical (unpaired) electrons. The molecule has 4 aromatic rings. The van der Waals surface area contributed by atoms with E-state index in [1.807, 2.05) is 18.2 Å². The normalized spacial score (nSPS) is 11.7. The lowest BCUT2D eigenvalue weighted by molar-refractivity contribution is -0.112. The third-order valence-corrected chi connectivity index (χ3v) is 5.68. The largest absolute Gasteiger partial charge is 0.438 e. The molecule has 2 aromatic heterocycles. The number of carbonyl (C=O) groups excluding carboxylic acids is 1. The molecule has 0 saturated carbocycles. The molecule has 1 amide bonds. The Morgan fingerprint density at radius 3 is 2.42 bits per heavy atom. The second-order valence-corrected chi connectivity index (χ2v) is 9.51. The molecule has 0 atom stereocenters. The standard InChI is InChI=1S/C28H23ClN4O3/c1-28(2,3)19-7-13-22(14-8-19)36-26-23(27(35)33-15-5-4-6-24(33)32-26)16-18(17-30)25(34)31-21-11-9-20(29)10-12-21/h4-16H,1-3H3,(H,31,34)/b18-16+. The Morgan fingerprint density at radius 2 is 1.78 bits per heavy atom. The van der Waals surface area contributed by atoms with Crippen LogP contribution in [0.4, 0.5) is 5.69 Å². The first-order valence-corrected chi connectivity index (χ1v) is 11.5. The minimum Gasteiger partial charge on any atom is -0.438 e. The van der Waals surface area contributed by atoms with Gasteiger partial charge in [-0.3, -0.25) is 14.0 Å². The average Bonchev–Trinajstić information content (AvgIpc) is 2.85. The molecule has 0 aliphatic carbocycles. The lowest BCUT2D eigenvalue weighted by atomic mass is 9.87. The van der Waals surface area contributed by atoms with Crippen LogP contribution in [0.1, 0.15) is 31.9 Å². The molecule has 2 heterocycles. The van der Waals surface area contributed by atoms with Crippen molar-refractivity contribution in [2.75, 3.05) is 5.32 Å². The molecule has 0 aliphatic heterocycles. The first-order valence-electron chi connectivity index (χ1n) is 11.1. The summed E-state index contributed by atoms with van der Waals surface area (Å²) >= 11 is 5.89. The highest BCUT2D eigenvalue weighted by Crippen LogP contribution is 2.28. The van der Waals surface area contributed by atoms with Crippen molar-refractivity contribution in [3.8, 4) is 17.7 Å². The van der Waals surface area contributed by atoms with Crippen LogP contribution in [0, 0.1) is 11.3 Å². The smallest absolute Gasteiger partial charge is 0.269 e. The number of nitriles is 1. The fourth-order valence-electron chi connectivity index (χ4n) is 3.44. The summed E-state index contributed by atoms with van der Waals surface area (Å²) in [6.07, 6.45) is 2.75. The van der Waals surface area contributed by atoms with Gasteiger partial charge in [0.15, 0.2) is 0 Å². The van der Waals surface area contributed by atoms with Gasteiger partial charge in [0.25, 0.3) is 11.5 Å². The summed E-state index contributed by atoms with van der Waals surface area (Å²) in [5.41, 5.74) is 1.11. The third-order valence-electron chi connectivity index (χ3n) is 5.42. The van der Waals surface area contributed by atoms with Crippen LogP contribution in [-0.4, -0.2) is 15.3 Å². The molecule has 36 heavy (non-hydrogen) atoms. The van der Waals surface area contributed by atoms with Crippen LogP contribution in [0.3, 0.4) is 0 Å². The minimum atomic E-state index is -0.683. The van der Waals surface area contributed by atoms with E-state index in [1.165, 1.54) is 10.5 Å². The van der Waals surface area contributed by atoms with E-state index in [0.29, 0.717) is 22.1 Å². The number of nitrogens with one attached hydrogen (secondary N) is 1. The summed E-state index contributed by atoms with van der Waals surface area (Å²) in [6.45, 7) is 6.32. The molecule has 1 N–H and O–H groups in total. The zero-order valence-corrected chi connectivity index (χ0v) is 20.7. The van der Waals surface area contributed by atoms with E-state index < -0.39 is 11.5 Å². The van der Waals surface area contributed by atoms with Crippen LogP contribution in [0.25, 0.3) is 11.7 Å². The quantitative estimate of drug-likeness (QED) is 0.269. The van der Waals surface area contributed by atoms with Crippen molar-refractivity contribution < 1.29 is 9.53 Å². The van der Waals surface area contributed by atoms with Crippen molar-refractivity contribution in [1.29, 1.82) is 5.26 Å². The number of amides is 1. The molecular weight excluding hydrogens is 476 g/mol. The number of benzene rings is 2. The molecule has 7 nitrogen and oxygen atoms in total. The molecule has 0 aliphatic rings. The number of hydrogen-bond donors (Lipinski definition) is 1. The Kier molecular flexibility index (Phi) is 6.91. The van der Waals surface area contributed by atoms with E-state index in [-0.39, 0.29) is 22.4 Å². The number of hydrogen-bond acceptors (Lipinski definition) is 5. The van der Waals surface area contributed by atoms with E-state index in [4.69, 9.17) is 16.3 Å². The van der Waals surface area contributed by atoms with Gasteiger partial charge in [0.1, 0.15) is 28.6 Å². The Bertz CT molecular complexity index is 1560. The predicted octanol–water partition coefficient (Wildman–Crippen LogP) is 5.98. The summed E-state index contributed by atoms with van der Waals surface area (Å²) in [7, 11) is 0. The molecule has 0 spiro atoms. The molecule has 8 heteroatoms. The fraction of sp³-hybridized carbons (Fsp3) is 0.143. The van der Waals surface area contributed by atoms with Crippen LogP contribution >= 0.6 is 11.6 Å². The molecule has 4 rings (SSSR count). The number of ether oxygens (including phenoxy) is 1. The summed E-state index contributed by atoms with van der Waals surface area (Å²) in [5.74, 6) is -0.228. The van der Waals surface area contributed by atoms with E-state index >= 15 is 0 Å². The predicted molar refractivity (Wildman–Crippen MR) is 140 cm³/mol. The lowest BCUT2D eigenvalue weighted by Crippen LogP contribution is -2.20. The first-order chi connectivity index (χ1) is 17.2. The van der Waals surface area contributed by atoms with Crippen LogP contribution in [0.2, 0.25) is 5.02 Å². The van der Waals surface area contributed by atoms with Gasteiger partial charge in [-0.15, -0.1) is 0 Å². The van der Waals surface area contributed by atoms with Gasteiger partial charge in [-0.2, -0.15) is 10.2 Å². The molecule has 0 unspecified atom stereocenters. The molecule has 0 saturated heterocycles. The Hall–Kier alpha value is -4.41. The van der Waals surface area contributed by atoms with Crippen molar-refractivity contribution in [3.63, 3.8) is 0 Å². The minimum absolute atomic E-state index is 0.0123. The number of rotatable bonds is 5. The number of carbonyl (C=O) groups is 1. The monoisotopic (exact) mass is 498 g/mol. The van der Waals surface area contributed by atoms with Crippen molar-refractivity contribution in [1.82, 2.24) is 9.38 Å². The van der Waals surface area contributed by atoms with Crippen LogP contribution in [0.5, 0.6) is 11.6 Å². The zero-order chi connectivity index (χ0) is 25.9. The summed E-state index contributed by atoms with van der Waals surface area (Å²) in [6, 6.07) is 20.9. The highest BCUT2D eigenvalue weighted by molar-refractivity contribution is 6.30. The highest BCUT2D eigenvalue weighted by atomic mass is 35.5. The number of nitrogens with zero attached hydrogens (tertiary/aromatic N) is 3.